The number of pyridine rings is 1. The van der Waals surface area contributed by atoms with Crippen molar-refractivity contribution in [3.63, 3.8) is 0 Å². The van der Waals surface area contributed by atoms with Crippen LogP contribution in [0.25, 0.3) is 17.2 Å². The van der Waals surface area contributed by atoms with Gasteiger partial charge in [-0.05, 0) is 59.7 Å². The molecule has 1 amide bonds. The topological polar surface area (TPSA) is 92.9 Å². The summed E-state index contributed by atoms with van der Waals surface area (Å²) in [5.41, 5.74) is 2.80. The van der Waals surface area contributed by atoms with Crippen molar-refractivity contribution in [3.8, 4) is 17.2 Å². The Hall–Kier alpha value is -3.76. The molecule has 2 aromatic heterocycles. The molecule has 0 bridgehead atoms. The number of guanidine groups is 1. The van der Waals surface area contributed by atoms with Gasteiger partial charge in [0.05, 0.1) is 23.1 Å². The first-order valence-electron chi connectivity index (χ1n) is 10.2. The third kappa shape index (κ3) is 4.05. The van der Waals surface area contributed by atoms with Gasteiger partial charge in [0, 0.05) is 24.3 Å². The number of nitrogens with zero attached hydrogens (tertiary/aromatic N) is 3. The zero-order chi connectivity index (χ0) is 22.7. The molecule has 1 aromatic carbocycles. The van der Waals surface area contributed by atoms with Gasteiger partial charge in [-0.15, -0.1) is 11.3 Å². The number of hydrogen-bond acceptors (Lipinski definition) is 5. The highest BCUT2D eigenvalue weighted by atomic mass is 32.1. The molecule has 3 heterocycles. The van der Waals surface area contributed by atoms with Gasteiger partial charge in [-0.25, -0.2) is 0 Å². The molecule has 1 saturated heterocycles. The Labute approximate surface area is 191 Å². The quantitative estimate of drug-likeness (QED) is 0.605. The zero-order valence-corrected chi connectivity index (χ0v) is 18.7. The number of rotatable bonds is 5. The van der Waals surface area contributed by atoms with E-state index in [1.54, 1.807) is 36.8 Å². The van der Waals surface area contributed by atoms with E-state index in [1.165, 1.54) is 4.90 Å². The van der Waals surface area contributed by atoms with Crippen LogP contribution in [0.4, 0.5) is 0 Å². The molecule has 2 atom stereocenters. The lowest BCUT2D eigenvalue weighted by atomic mass is 9.79. The molecule has 0 radical (unpaired) electrons. The van der Waals surface area contributed by atoms with Crippen LogP contribution >= 0.6 is 11.3 Å². The van der Waals surface area contributed by atoms with Crippen molar-refractivity contribution in [2.24, 2.45) is 5.92 Å². The summed E-state index contributed by atoms with van der Waals surface area (Å²) in [4.78, 5) is 19.7. The summed E-state index contributed by atoms with van der Waals surface area (Å²) >= 11 is 1.56. The minimum absolute atomic E-state index is 0.0893. The van der Waals surface area contributed by atoms with Gasteiger partial charge in [-0.3, -0.25) is 20.1 Å². The zero-order valence-electron chi connectivity index (χ0n) is 17.9. The average molecular weight is 442 g/mol. The van der Waals surface area contributed by atoms with Crippen LogP contribution in [0.5, 0.6) is 0 Å². The van der Waals surface area contributed by atoms with E-state index in [-0.39, 0.29) is 17.8 Å². The van der Waals surface area contributed by atoms with Crippen LogP contribution in [-0.4, -0.2) is 28.8 Å². The number of nitrogens with one attached hydrogen (secondary N) is 2. The summed E-state index contributed by atoms with van der Waals surface area (Å²) in [5.74, 6) is -0.383. The molecule has 1 unspecified atom stereocenters. The molecule has 3 aromatic rings. The Balaban J connectivity index is 1.66. The third-order valence-electron chi connectivity index (χ3n) is 5.84. The lowest BCUT2D eigenvalue weighted by molar-refractivity contribution is -0.135. The number of amides is 1. The van der Waals surface area contributed by atoms with Crippen molar-refractivity contribution in [1.82, 2.24) is 15.2 Å². The van der Waals surface area contributed by atoms with E-state index < -0.39 is 5.54 Å². The summed E-state index contributed by atoms with van der Waals surface area (Å²) in [6, 6.07) is 15.5. The highest BCUT2D eigenvalue weighted by Crippen LogP contribution is 2.41. The van der Waals surface area contributed by atoms with E-state index >= 15 is 0 Å². The van der Waals surface area contributed by atoms with Crippen LogP contribution in [0.15, 0.2) is 66.3 Å². The first-order valence-corrected chi connectivity index (χ1v) is 11.1. The summed E-state index contributed by atoms with van der Waals surface area (Å²) in [6.45, 7) is 1.98. The van der Waals surface area contributed by atoms with Crippen LogP contribution < -0.4 is 5.32 Å². The second-order valence-corrected chi connectivity index (χ2v) is 8.85. The van der Waals surface area contributed by atoms with Gasteiger partial charge in [0.1, 0.15) is 0 Å². The molecule has 1 fully saturated rings. The highest BCUT2D eigenvalue weighted by Gasteiger charge is 2.47. The van der Waals surface area contributed by atoms with Crippen molar-refractivity contribution >= 4 is 29.3 Å². The largest absolute Gasteiger partial charge is 0.345 e. The van der Waals surface area contributed by atoms with Crippen LogP contribution in [0.1, 0.15) is 29.3 Å². The minimum atomic E-state index is -0.726. The lowest BCUT2D eigenvalue weighted by Gasteiger charge is -2.44. The molecule has 1 aliphatic rings. The van der Waals surface area contributed by atoms with E-state index in [9.17, 15) is 10.1 Å². The van der Waals surface area contributed by atoms with Gasteiger partial charge in [-0.2, -0.15) is 5.26 Å². The summed E-state index contributed by atoms with van der Waals surface area (Å²) in [6.07, 6.45) is 7.98. The SMILES string of the molecule is CN1C(=N)N[C@](C)(c2cc(-c3cccc(C#N)c3)cs2)C(C/C=C/c2cccnc2)C1=O. The first-order chi connectivity index (χ1) is 15.4. The summed E-state index contributed by atoms with van der Waals surface area (Å²) < 4.78 is 0. The van der Waals surface area contributed by atoms with Crippen molar-refractivity contribution in [2.45, 2.75) is 18.9 Å². The fourth-order valence-electron chi connectivity index (χ4n) is 3.92. The van der Waals surface area contributed by atoms with Crippen molar-refractivity contribution in [1.29, 1.82) is 10.7 Å². The molecular weight excluding hydrogens is 418 g/mol. The number of carbonyl (C=O) groups excluding carboxylic acids is 1. The van der Waals surface area contributed by atoms with Crippen LogP contribution in [0, 0.1) is 22.7 Å². The number of nitriles is 1. The van der Waals surface area contributed by atoms with Crippen molar-refractivity contribution in [3.05, 3.63) is 82.3 Å². The molecule has 2 N–H and O–H groups in total. The molecule has 0 spiro atoms. The molecular formula is C25H23N5OS. The molecule has 7 heteroatoms. The number of carbonyl (C=O) groups is 1. The highest BCUT2D eigenvalue weighted by molar-refractivity contribution is 7.10. The molecule has 1 aliphatic heterocycles. The molecule has 160 valence electrons. The van der Waals surface area contributed by atoms with E-state index in [2.05, 4.69) is 22.4 Å². The Bertz CT molecular complexity index is 1230. The Kier molecular flexibility index (Phi) is 5.89. The van der Waals surface area contributed by atoms with Gasteiger partial charge in [0.2, 0.25) is 5.91 Å². The number of aromatic nitrogens is 1. The van der Waals surface area contributed by atoms with Gasteiger partial charge in [0.15, 0.2) is 5.96 Å². The second-order valence-electron chi connectivity index (χ2n) is 7.94. The van der Waals surface area contributed by atoms with Gasteiger partial charge < -0.3 is 5.32 Å². The molecule has 0 saturated carbocycles. The van der Waals surface area contributed by atoms with E-state index in [0.29, 0.717) is 12.0 Å². The van der Waals surface area contributed by atoms with Crippen LogP contribution in [0.3, 0.4) is 0 Å². The maximum atomic E-state index is 13.2. The predicted molar refractivity (Wildman–Crippen MR) is 127 cm³/mol. The van der Waals surface area contributed by atoms with Crippen molar-refractivity contribution < 1.29 is 4.79 Å². The van der Waals surface area contributed by atoms with Gasteiger partial charge >= 0.3 is 0 Å². The molecule has 6 nitrogen and oxygen atoms in total. The third-order valence-corrected chi connectivity index (χ3v) is 7.01. The first kappa shape index (κ1) is 21.5. The monoisotopic (exact) mass is 441 g/mol. The van der Waals surface area contributed by atoms with Crippen molar-refractivity contribution in [2.75, 3.05) is 7.05 Å². The van der Waals surface area contributed by atoms with Crippen LogP contribution in [0.2, 0.25) is 0 Å². The summed E-state index contributed by atoms with van der Waals surface area (Å²) in [7, 11) is 1.63. The standard InChI is InChI=1S/C25H23N5OS/c1-25(22-13-20(16-32-22)19-9-3-7-18(12-19)14-26)21(23(31)30(2)24(27)29-25)10-4-6-17-8-5-11-28-15-17/h3-9,11-13,15-16,21H,10H2,1-2H3,(H2,27,29)/b6-4+/t21?,25-/m0/s1. The maximum Gasteiger partial charge on any atom is 0.235 e. The Morgan fingerprint density at radius 2 is 2.16 bits per heavy atom. The molecule has 4 rings (SSSR count). The fraction of sp³-hybridized carbons (Fsp3) is 0.200. The normalized spacial score (nSPS) is 20.9. The average Bonchev–Trinajstić information content (AvgIpc) is 3.32. The second kappa shape index (κ2) is 8.77. The number of benzene rings is 1. The lowest BCUT2D eigenvalue weighted by Crippen LogP contribution is -2.63. The number of allylic oxidation sites excluding steroid dienone is 1. The Morgan fingerprint density at radius 3 is 2.91 bits per heavy atom. The van der Waals surface area contributed by atoms with E-state index in [1.807, 2.05) is 54.8 Å². The maximum absolute atomic E-state index is 13.2. The number of thiophene rings is 1. The van der Waals surface area contributed by atoms with E-state index in [4.69, 9.17) is 5.41 Å². The fourth-order valence-corrected chi connectivity index (χ4v) is 5.01. The van der Waals surface area contributed by atoms with Gasteiger partial charge in [-0.1, -0.05) is 30.4 Å². The number of hydrogen-bond donors (Lipinski definition) is 2. The molecule has 0 aliphatic carbocycles. The smallest absolute Gasteiger partial charge is 0.235 e. The molecule has 32 heavy (non-hydrogen) atoms. The van der Waals surface area contributed by atoms with E-state index in [0.717, 1.165) is 21.6 Å². The predicted octanol–water partition coefficient (Wildman–Crippen LogP) is 4.61. The van der Waals surface area contributed by atoms with Crippen LogP contribution in [-0.2, 0) is 10.3 Å². The summed E-state index contributed by atoms with van der Waals surface area (Å²) in [5, 5.41) is 22.8. The minimum Gasteiger partial charge on any atom is -0.345 e. The van der Waals surface area contributed by atoms with Gasteiger partial charge in [0.25, 0.3) is 0 Å². The Morgan fingerprint density at radius 1 is 1.31 bits per heavy atom.